The highest BCUT2D eigenvalue weighted by molar-refractivity contribution is 6.20. The number of aliphatic hydroxyl groups excluding tert-OH is 2. The number of rotatable bonds is 12. The Morgan fingerprint density at radius 2 is 1.42 bits per heavy atom. The van der Waals surface area contributed by atoms with Crippen molar-refractivity contribution in [3.05, 3.63) is 143 Å². The number of fused-ring (bicyclic) bond motifs is 2. The molecule has 3 aromatic carbocycles. The molecule has 2 aliphatic carbocycles. The molecule has 7 heteroatoms. The largest absolute Gasteiger partial charge is 0.506 e. The average Bonchev–Trinajstić information content (AvgIpc) is 3.56. The third kappa shape index (κ3) is 6.41. The number of hydrogen-bond donors (Lipinski definition) is 2. The first-order chi connectivity index (χ1) is 26.3. The van der Waals surface area contributed by atoms with Gasteiger partial charge in [-0.25, -0.2) is 4.58 Å². The lowest BCUT2D eigenvalue weighted by Gasteiger charge is -2.30. The minimum Gasteiger partial charge on any atom is -0.506 e. The van der Waals surface area contributed by atoms with E-state index in [0.29, 0.717) is 28.0 Å². The molecule has 0 spiro atoms. The van der Waals surface area contributed by atoms with E-state index in [2.05, 4.69) is 68.4 Å². The van der Waals surface area contributed by atoms with Gasteiger partial charge >= 0.3 is 0 Å². The van der Waals surface area contributed by atoms with Crippen molar-refractivity contribution in [3.8, 4) is 0 Å². The van der Waals surface area contributed by atoms with Crippen LogP contribution < -0.4 is 26.2 Å². The van der Waals surface area contributed by atoms with Crippen molar-refractivity contribution in [1.29, 1.82) is 0 Å². The molecular weight excluding hydrogens is 683 g/mol. The number of anilines is 1. The topological polar surface area (TPSA) is 93.2 Å². The van der Waals surface area contributed by atoms with Crippen molar-refractivity contribution in [2.45, 2.75) is 97.8 Å². The van der Waals surface area contributed by atoms with E-state index in [1.165, 1.54) is 11.3 Å². The predicted molar refractivity (Wildman–Crippen MR) is 227 cm³/mol. The van der Waals surface area contributed by atoms with Crippen LogP contribution in [-0.2, 0) is 10.8 Å². The first-order valence-corrected chi connectivity index (χ1v) is 20.1. The van der Waals surface area contributed by atoms with Crippen LogP contribution in [0.1, 0.15) is 104 Å². The lowest BCUT2D eigenvalue weighted by Crippen LogP contribution is -2.65. The molecule has 0 atom stereocenters. The quantitative estimate of drug-likeness (QED) is 0.184. The van der Waals surface area contributed by atoms with Crippen LogP contribution in [-0.4, -0.2) is 45.8 Å². The monoisotopic (exact) mass is 736 g/mol. The molecule has 284 valence electrons. The summed E-state index contributed by atoms with van der Waals surface area (Å²) >= 11 is 0. The van der Waals surface area contributed by atoms with E-state index in [0.717, 1.165) is 80.8 Å². The highest BCUT2D eigenvalue weighted by Crippen LogP contribution is 2.51. The number of allylic oxidation sites excluding steroid dienone is 7. The van der Waals surface area contributed by atoms with Crippen molar-refractivity contribution < 1.29 is 14.8 Å². The summed E-state index contributed by atoms with van der Waals surface area (Å²) in [5.41, 5.74) is 7.53. The lowest BCUT2D eigenvalue weighted by molar-refractivity contribution is -0.527. The van der Waals surface area contributed by atoms with Gasteiger partial charge in [0.15, 0.2) is 5.71 Å². The number of hydrogen-bond acceptors (Lipinski definition) is 6. The predicted octanol–water partition coefficient (Wildman–Crippen LogP) is 8.03. The Morgan fingerprint density at radius 1 is 0.764 bits per heavy atom. The van der Waals surface area contributed by atoms with Crippen LogP contribution in [0.5, 0.6) is 0 Å². The first-order valence-electron chi connectivity index (χ1n) is 20.1. The van der Waals surface area contributed by atoms with E-state index in [9.17, 15) is 19.8 Å². The maximum absolute atomic E-state index is 13.5. The molecule has 7 nitrogen and oxygen atoms in total. The minimum atomic E-state index is -0.625. The summed E-state index contributed by atoms with van der Waals surface area (Å²) in [6.45, 7) is 17.8. The zero-order chi connectivity index (χ0) is 39.2. The van der Waals surface area contributed by atoms with Gasteiger partial charge in [0.25, 0.3) is 0 Å². The Morgan fingerprint density at radius 3 is 2.05 bits per heavy atom. The standard InChI is InChI=1S/C48H53N3O4/c1-8-11-24-50(25-12-9-2)32-21-18-30(19-22-32)41-43(52)33(44(41)53)28-39-47(4,5)36-27-31(20-23-37(36)49-39)42-45(54)34(46(42)55)29-40-48(6,7)35-16-14-15-17-38(35)51(40)26-13-10-3/h14-23,27-29H,8-13,24-26H2,1-7H3,(H-,52,53,54,55)/p+1. The maximum atomic E-state index is 13.5. The Bertz CT molecular complexity index is 2450. The fourth-order valence-corrected chi connectivity index (χ4v) is 8.40. The Balaban J connectivity index is 1.15. The summed E-state index contributed by atoms with van der Waals surface area (Å²) in [5, 5.41) is 23.3. The maximum Gasteiger partial charge on any atom is 0.201 e. The fourth-order valence-electron chi connectivity index (χ4n) is 8.40. The number of aliphatic imine (C=N–C) groups is 1. The average molecular weight is 737 g/mol. The second kappa shape index (κ2) is 14.7. The molecule has 0 saturated heterocycles. The molecule has 2 N–H and O–H groups in total. The molecule has 2 heterocycles. The van der Waals surface area contributed by atoms with Gasteiger partial charge in [-0.15, -0.1) is 0 Å². The molecule has 0 unspecified atom stereocenters. The molecule has 0 bridgehead atoms. The molecule has 0 fully saturated rings. The Kier molecular flexibility index (Phi) is 10.2. The molecule has 0 saturated carbocycles. The summed E-state index contributed by atoms with van der Waals surface area (Å²) in [7, 11) is 0. The van der Waals surface area contributed by atoms with Crippen molar-refractivity contribution in [2.24, 2.45) is 4.99 Å². The lowest BCUT2D eigenvalue weighted by atomic mass is 9.78. The SMILES string of the molecule is CCCCN1C(=CC2=C(O)C(c3ccc4c(c3)C(C)(C)C(C=c3c(=O)c(=C5C=CC(=[N+](CCCC)CCCC)C=C5)c3=O)=N4)=C2O)C(C)(C)c2ccccc21. The van der Waals surface area contributed by atoms with Gasteiger partial charge in [0.05, 0.1) is 33.0 Å². The molecule has 0 amide bonds. The second-order valence-corrected chi connectivity index (χ2v) is 16.3. The fraction of sp³-hybridized carbons (Fsp3) is 0.375. The van der Waals surface area contributed by atoms with Gasteiger partial charge < -0.3 is 15.1 Å². The van der Waals surface area contributed by atoms with E-state index in [1.54, 1.807) is 6.08 Å². The first kappa shape index (κ1) is 38.0. The van der Waals surface area contributed by atoms with Crippen LogP contribution in [0.25, 0.3) is 17.2 Å². The highest BCUT2D eigenvalue weighted by Gasteiger charge is 2.42. The van der Waals surface area contributed by atoms with Crippen molar-refractivity contribution >= 4 is 40.0 Å². The zero-order valence-corrected chi connectivity index (χ0v) is 33.4. The number of aliphatic hydroxyl groups is 2. The van der Waals surface area contributed by atoms with Crippen molar-refractivity contribution in [3.63, 3.8) is 0 Å². The van der Waals surface area contributed by atoms with Crippen molar-refractivity contribution in [2.75, 3.05) is 24.5 Å². The van der Waals surface area contributed by atoms with Crippen LogP contribution in [0.2, 0.25) is 0 Å². The molecule has 2 aliphatic heterocycles. The molecule has 4 aliphatic rings. The van der Waals surface area contributed by atoms with Crippen LogP contribution in [0, 0.1) is 0 Å². The van der Waals surface area contributed by atoms with Gasteiger partial charge in [-0.2, -0.15) is 0 Å². The molecule has 7 rings (SSSR count). The molecule has 3 aromatic rings. The number of unbranched alkanes of at least 4 members (excludes halogenated alkanes) is 3. The van der Waals surface area contributed by atoms with E-state index >= 15 is 0 Å². The third-order valence-corrected chi connectivity index (χ3v) is 11.9. The highest BCUT2D eigenvalue weighted by atomic mass is 16.3. The second-order valence-electron chi connectivity index (χ2n) is 16.3. The van der Waals surface area contributed by atoms with Gasteiger partial charge in [-0.1, -0.05) is 92.0 Å². The number of benzene rings is 2. The molecule has 0 radical (unpaired) electrons. The van der Waals surface area contributed by atoms with E-state index in [4.69, 9.17) is 4.99 Å². The van der Waals surface area contributed by atoms with Gasteiger partial charge in [-0.05, 0) is 71.2 Å². The molecular formula is C48H54N3O4+. The van der Waals surface area contributed by atoms with Gasteiger partial charge in [0, 0.05) is 53.8 Å². The summed E-state index contributed by atoms with van der Waals surface area (Å²) < 4.78 is 2.38. The molecule has 55 heavy (non-hydrogen) atoms. The van der Waals surface area contributed by atoms with Crippen molar-refractivity contribution in [1.82, 2.24) is 0 Å². The Labute approximate surface area is 324 Å². The van der Waals surface area contributed by atoms with Crippen LogP contribution >= 0.6 is 0 Å². The Hall–Kier alpha value is -5.30. The van der Waals surface area contributed by atoms with Crippen LogP contribution in [0.4, 0.5) is 11.4 Å². The third-order valence-electron chi connectivity index (χ3n) is 11.9. The number of para-hydroxylation sites is 1. The van der Waals surface area contributed by atoms with E-state index in [-0.39, 0.29) is 38.2 Å². The summed E-state index contributed by atoms with van der Waals surface area (Å²) in [5.74, 6) is 0.116. The number of nitrogens with zero attached hydrogens (tertiary/aromatic N) is 3. The van der Waals surface area contributed by atoms with E-state index in [1.807, 2.05) is 62.4 Å². The van der Waals surface area contributed by atoms with E-state index < -0.39 is 5.41 Å². The summed E-state index contributed by atoms with van der Waals surface area (Å²) in [6.07, 6.45) is 18.0. The molecule has 0 aromatic heterocycles. The summed E-state index contributed by atoms with van der Waals surface area (Å²) in [4.78, 5) is 34.1. The zero-order valence-electron chi connectivity index (χ0n) is 33.4. The van der Waals surface area contributed by atoms with Gasteiger partial charge in [0.1, 0.15) is 24.6 Å². The van der Waals surface area contributed by atoms with Crippen LogP contribution in [0.15, 0.2) is 110 Å². The summed E-state index contributed by atoms with van der Waals surface area (Å²) in [6, 6.07) is 14.1. The normalized spacial score (nSPS) is 18.7. The smallest absolute Gasteiger partial charge is 0.201 e. The van der Waals surface area contributed by atoms with Crippen LogP contribution in [0.3, 0.4) is 0 Å². The van der Waals surface area contributed by atoms with Gasteiger partial charge in [-0.3, -0.25) is 14.6 Å². The van der Waals surface area contributed by atoms with Gasteiger partial charge in [0.2, 0.25) is 10.9 Å². The minimum absolute atomic E-state index is 0.0580.